The Labute approximate surface area is 84.1 Å². The number of hydrogen-bond donors (Lipinski definition) is 0. The van der Waals surface area contributed by atoms with Gasteiger partial charge in [0.25, 0.3) is 0 Å². The van der Waals surface area contributed by atoms with Crippen LogP contribution in [0.15, 0.2) is 18.2 Å². The molecule has 0 nitrogen and oxygen atoms in total. The van der Waals surface area contributed by atoms with Crippen molar-refractivity contribution in [1.82, 2.24) is 0 Å². The molecule has 0 amide bonds. The van der Waals surface area contributed by atoms with E-state index in [1.807, 2.05) is 0 Å². The summed E-state index contributed by atoms with van der Waals surface area (Å²) in [5.74, 6) is -1.52. The van der Waals surface area contributed by atoms with E-state index in [4.69, 9.17) is 0 Å². The van der Waals surface area contributed by atoms with E-state index in [-0.39, 0.29) is 0 Å². The SMILES string of the molecule is Fc1ccc(CCCI)cc1F. The maximum atomic E-state index is 12.6. The van der Waals surface area contributed by atoms with Gasteiger partial charge in [-0.2, -0.15) is 0 Å². The lowest BCUT2D eigenvalue weighted by molar-refractivity contribution is 0.507. The molecule has 0 aliphatic carbocycles. The Kier molecular flexibility index (Phi) is 3.91. The van der Waals surface area contributed by atoms with Crippen LogP contribution in [-0.2, 0) is 6.42 Å². The van der Waals surface area contributed by atoms with Crippen molar-refractivity contribution in [3.05, 3.63) is 35.4 Å². The van der Waals surface area contributed by atoms with Crippen LogP contribution >= 0.6 is 22.6 Å². The van der Waals surface area contributed by atoms with Crippen molar-refractivity contribution in [2.75, 3.05) is 4.43 Å². The van der Waals surface area contributed by atoms with Gasteiger partial charge in [0.1, 0.15) is 0 Å². The average molecular weight is 282 g/mol. The van der Waals surface area contributed by atoms with Crippen molar-refractivity contribution in [2.45, 2.75) is 12.8 Å². The largest absolute Gasteiger partial charge is 0.204 e. The van der Waals surface area contributed by atoms with Crippen LogP contribution in [0.2, 0.25) is 0 Å². The van der Waals surface area contributed by atoms with Crippen LogP contribution in [0.4, 0.5) is 8.78 Å². The second-order valence-electron chi connectivity index (χ2n) is 2.54. The van der Waals surface area contributed by atoms with Crippen LogP contribution < -0.4 is 0 Å². The summed E-state index contributed by atoms with van der Waals surface area (Å²) in [5, 5.41) is 0. The molecule has 0 fully saturated rings. The highest BCUT2D eigenvalue weighted by atomic mass is 127. The number of halogens is 3. The van der Waals surface area contributed by atoms with Crippen molar-refractivity contribution in [3.8, 4) is 0 Å². The smallest absolute Gasteiger partial charge is 0.159 e. The van der Waals surface area contributed by atoms with E-state index in [1.165, 1.54) is 12.1 Å². The van der Waals surface area contributed by atoms with Gasteiger partial charge in [0, 0.05) is 0 Å². The van der Waals surface area contributed by atoms with E-state index in [0.717, 1.165) is 22.8 Å². The summed E-state index contributed by atoms with van der Waals surface area (Å²) in [4.78, 5) is 0. The van der Waals surface area contributed by atoms with Crippen molar-refractivity contribution in [3.63, 3.8) is 0 Å². The van der Waals surface area contributed by atoms with Crippen molar-refractivity contribution in [1.29, 1.82) is 0 Å². The molecule has 0 aliphatic heterocycles. The van der Waals surface area contributed by atoms with Crippen LogP contribution in [0.25, 0.3) is 0 Å². The summed E-state index contributed by atoms with van der Waals surface area (Å²) in [6.45, 7) is 0. The molecule has 0 unspecified atom stereocenters. The predicted molar refractivity (Wildman–Crippen MR) is 53.6 cm³/mol. The zero-order valence-corrected chi connectivity index (χ0v) is 8.64. The summed E-state index contributed by atoms with van der Waals surface area (Å²) in [5.41, 5.74) is 0.866. The second kappa shape index (κ2) is 4.74. The average Bonchev–Trinajstić information content (AvgIpc) is 2.07. The Morgan fingerprint density at radius 1 is 1.17 bits per heavy atom. The lowest BCUT2D eigenvalue weighted by atomic mass is 10.1. The molecule has 1 aromatic carbocycles. The Hall–Kier alpha value is -0.190. The molecule has 0 saturated heterocycles. The highest BCUT2D eigenvalue weighted by Crippen LogP contribution is 2.10. The first-order chi connectivity index (χ1) is 5.74. The summed E-state index contributed by atoms with van der Waals surface area (Å²) >= 11 is 2.26. The van der Waals surface area contributed by atoms with E-state index >= 15 is 0 Å². The quantitative estimate of drug-likeness (QED) is 0.589. The topological polar surface area (TPSA) is 0 Å². The molecule has 12 heavy (non-hydrogen) atoms. The van der Waals surface area contributed by atoms with Crippen LogP contribution in [0, 0.1) is 11.6 Å². The molecule has 0 saturated carbocycles. The Morgan fingerprint density at radius 2 is 1.92 bits per heavy atom. The minimum atomic E-state index is -0.770. The van der Waals surface area contributed by atoms with Crippen LogP contribution in [0.5, 0.6) is 0 Å². The molecule has 0 radical (unpaired) electrons. The minimum absolute atomic E-state index is 0.749. The van der Waals surface area contributed by atoms with Gasteiger partial charge in [-0.3, -0.25) is 0 Å². The molecular formula is C9H9F2I. The summed E-state index contributed by atoms with van der Waals surface area (Å²) in [7, 11) is 0. The summed E-state index contributed by atoms with van der Waals surface area (Å²) in [6.07, 6.45) is 1.83. The van der Waals surface area contributed by atoms with E-state index in [0.29, 0.717) is 0 Å². The monoisotopic (exact) mass is 282 g/mol. The van der Waals surface area contributed by atoms with Gasteiger partial charge in [-0.05, 0) is 35.0 Å². The lowest BCUT2D eigenvalue weighted by Gasteiger charge is -1.99. The number of benzene rings is 1. The molecule has 0 N–H and O–H groups in total. The maximum Gasteiger partial charge on any atom is 0.159 e. The van der Waals surface area contributed by atoms with Crippen molar-refractivity contribution >= 4 is 22.6 Å². The fourth-order valence-electron chi connectivity index (χ4n) is 0.966. The highest BCUT2D eigenvalue weighted by molar-refractivity contribution is 14.1. The molecule has 0 atom stereocenters. The number of rotatable bonds is 3. The normalized spacial score (nSPS) is 10.2. The number of alkyl halides is 1. The first kappa shape index (κ1) is 9.89. The van der Waals surface area contributed by atoms with Gasteiger partial charge in [0.05, 0.1) is 0 Å². The predicted octanol–water partition coefficient (Wildman–Crippen LogP) is 3.33. The fourth-order valence-corrected chi connectivity index (χ4v) is 1.35. The number of hydrogen-bond acceptors (Lipinski definition) is 0. The minimum Gasteiger partial charge on any atom is -0.204 e. The van der Waals surface area contributed by atoms with Gasteiger partial charge in [0.15, 0.2) is 11.6 Å². The molecule has 0 bridgehead atoms. The second-order valence-corrected chi connectivity index (χ2v) is 3.62. The molecule has 66 valence electrons. The van der Waals surface area contributed by atoms with Crippen molar-refractivity contribution < 1.29 is 8.78 Å². The van der Waals surface area contributed by atoms with E-state index in [2.05, 4.69) is 22.6 Å². The third-order valence-corrected chi connectivity index (χ3v) is 2.35. The molecule has 1 aromatic rings. The third kappa shape index (κ3) is 2.69. The molecule has 0 heterocycles. The molecule has 0 aliphatic rings. The number of aryl methyl sites for hydroxylation is 1. The van der Waals surface area contributed by atoms with Gasteiger partial charge in [0.2, 0.25) is 0 Å². The molecule has 0 aromatic heterocycles. The van der Waals surface area contributed by atoms with Gasteiger partial charge >= 0.3 is 0 Å². The highest BCUT2D eigenvalue weighted by Gasteiger charge is 2.01. The van der Waals surface area contributed by atoms with Crippen LogP contribution in [0.1, 0.15) is 12.0 Å². The van der Waals surface area contributed by atoms with Gasteiger partial charge in [-0.15, -0.1) is 0 Å². The van der Waals surface area contributed by atoms with Crippen LogP contribution in [-0.4, -0.2) is 4.43 Å². The zero-order chi connectivity index (χ0) is 8.97. The standard InChI is InChI=1S/C9H9F2I/c10-8-4-3-7(2-1-5-12)6-9(8)11/h3-4,6H,1-2,5H2. The summed E-state index contributed by atoms with van der Waals surface area (Å²) in [6, 6.07) is 4.07. The first-order valence-electron chi connectivity index (χ1n) is 3.74. The van der Waals surface area contributed by atoms with Crippen molar-refractivity contribution in [2.24, 2.45) is 0 Å². The molecule has 1 rings (SSSR count). The van der Waals surface area contributed by atoms with E-state index in [9.17, 15) is 8.78 Å². The van der Waals surface area contributed by atoms with E-state index < -0.39 is 11.6 Å². The van der Waals surface area contributed by atoms with Gasteiger partial charge < -0.3 is 0 Å². The van der Waals surface area contributed by atoms with Crippen LogP contribution in [0.3, 0.4) is 0 Å². The maximum absolute atomic E-state index is 12.6. The first-order valence-corrected chi connectivity index (χ1v) is 5.26. The third-order valence-electron chi connectivity index (χ3n) is 1.58. The Balaban J connectivity index is 2.69. The molecule has 3 heteroatoms. The Bertz CT molecular complexity index is 261. The van der Waals surface area contributed by atoms with Gasteiger partial charge in [-0.25, -0.2) is 8.78 Å². The lowest BCUT2D eigenvalue weighted by Crippen LogP contribution is -1.90. The molecule has 0 spiro atoms. The summed E-state index contributed by atoms with van der Waals surface area (Å²) < 4.78 is 26.1. The Morgan fingerprint density at radius 3 is 2.50 bits per heavy atom. The molecular weight excluding hydrogens is 273 g/mol. The zero-order valence-electron chi connectivity index (χ0n) is 6.49. The fraction of sp³-hybridized carbons (Fsp3) is 0.333. The van der Waals surface area contributed by atoms with E-state index in [1.54, 1.807) is 6.07 Å². The van der Waals surface area contributed by atoms with Gasteiger partial charge in [-0.1, -0.05) is 28.7 Å².